The number of hydrogen-bond acceptors (Lipinski definition) is 8. The lowest BCUT2D eigenvalue weighted by Crippen LogP contribution is -2.55. The van der Waals surface area contributed by atoms with Crippen molar-refractivity contribution in [3.63, 3.8) is 0 Å². The quantitative estimate of drug-likeness (QED) is 0.196. The summed E-state index contributed by atoms with van der Waals surface area (Å²) in [5, 5.41) is 62.8. The van der Waals surface area contributed by atoms with E-state index >= 15 is 0 Å². The highest BCUT2D eigenvalue weighted by molar-refractivity contribution is 7.99. The van der Waals surface area contributed by atoms with Gasteiger partial charge in [-0.2, -0.15) is 0 Å². The van der Waals surface area contributed by atoms with Crippen LogP contribution in [0.5, 0.6) is 0 Å². The minimum Gasteiger partial charge on any atom is -0.509 e. The van der Waals surface area contributed by atoms with E-state index in [1.165, 1.54) is 30.2 Å². The summed E-state index contributed by atoms with van der Waals surface area (Å²) in [6, 6.07) is 15.8. The predicted molar refractivity (Wildman–Crippen MR) is 122 cm³/mol. The van der Waals surface area contributed by atoms with Crippen molar-refractivity contribution in [1.29, 1.82) is 0 Å². The Morgan fingerprint density at radius 1 is 0.867 bits per heavy atom. The Bertz CT molecular complexity index is 886. The number of benzene rings is 2. The van der Waals surface area contributed by atoms with Gasteiger partial charge in [0.05, 0.1) is 0 Å². The predicted octanol–water partition coefficient (Wildman–Crippen LogP) is 3.04. The second-order valence-corrected chi connectivity index (χ2v) is 8.52. The van der Waals surface area contributed by atoms with E-state index in [2.05, 4.69) is 0 Å². The summed E-state index contributed by atoms with van der Waals surface area (Å²) in [4.78, 5) is -1.45. The van der Waals surface area contributed by atoms with Gasteiger partial charge in [-0.3, -0.25) is 0 Å². The summed E-state index contributed by atoms with van der Waals surface area (Å²) in [5.41, 5.74) is 1.16. The number of hydrogen-bond donors (Lipinski definition) is 6. The Kier molecular flexibility index (Phi) is 8.84. The molecular weight excluding hydrogens is 424 g/mol. The normalized spacial score (nSPS) is 17.8. The van der Waals surface area contributed by atoms with Crippen LogP contribution in [0.3, 0.4) is 0 Å². The van der Waals surface area contributed by atoms with Gasteiger partial charge in [0.25, 0.3) is 0 Å². The number of aliphatic hydroxyl groups is 6. The zero-order valence-electron chi connectivity index (χ0n) is 16.6. The molecule has 0 aliphatic heterocycles. The first-order valence-electron chi connectivity index (χ1n) is 9.04. The van der Waals surface area contributed by atoms with Crippen LogP contribution in [0.4, 0.5) is 0 Å². The first-order valence-corrected chi connectivity index (χ1v) is 11.5. The molecule has 0 amide bonds. The van der Waals surface area contributed by atoms with Gasteiger partial charge >= 0.3 is 0 Å². The molecule has 0 radical (unpaired) electrons. The molecule has 4 atom stereocenters. The third-order valence-electron chi connectivity index (χ3n) is 4.55. The maximum atomic E-state index is 10.9. The molecule has 0 fully saturated rings. The molecule has 30 heavy (non-hydrogen) atoms. The summed E-state index contributed by atoms with van der Waals surface area (Å²) in [5.74, 6) is -1.19. The largest absolute Gasteiger partial charge is 0.509 e. The molecule has 0 saturated carbocycles. The fraction of sp³-hybridized carbons (Fsp3) is 0.273. The molecule has 0 saturated heterocycles. The van der Waals surface area contributed by atoms with Crippen LogP contribution in [-0.2, 0) is 0 Å². The molecule has 2 aromatic carbocycles. The Morgan fingerprint density at radius 3 is 2.07 bits per heavy atom. The summed E-state index contributed by atoms with van der Waals surface area (Å²) < 4.78 is 0. The Labute approximate surface area is 184 Å². The average molecular weight is 451 g/mol. The van der Waals surface area contributed by atoms with Gasteiger partial charge in [-0.1, -0.05) is 42.5 Å². The lowest BCUT2D eigenvalue weighted by Gasteiger charge is -2.37. The molecule has 2 aromatic rings. The first-order chi connectivity index (χ1) is 14.2. The summed E-state index contributed by atoms with van der Waals surface area (Å²) in [7, 11) is 0. The number of aliphatic hydroxyl groups excluding tert-OH is 5. The molecule has 0 bridgehead atoms. The molecule has 0 unspecified atom stereocenters. The Morgan fingerprint density at radius 2 is 1.47 bits per heavy atom. The lowest BCUT2D eigenvalue weighted by molar-refractivity contribution is -0.120. The van der Waals surface area contributed by atoms with Gasteiger partial charge in [0.1, 0.15) is 23.7 Å². The Hall–Kier alpha value is -1.94. The highest BCUT2D eigenvalue weighted by atomic mass is 32.2. The van der Waals surface area contributed by atoms with Gasteiger partial charge in [0.15, 0.2) is 11.0 Å². The van der Waals surface area contributed by atoms with Gasteiger partial charge in [0.2, 0.25) is 0 Å². The molecule has 0 spiro atoms. The summed E-state index contributed by atoms with van der Waals surface area (Å²) in [6.45, 7) is 0. The van der Waals surface area contributed by atoms with Gasteiger partial charge in [-0.05, 0) is 47.9 Å². The van der Waals surface area contributed by atoms with Crippen molar-refractivity contribution >= 4 is 35.7 Å². The number of rotatable bonds is 9. The number of thioether (sulfide) groups is 2. The monoisotopic (exact) mass is 450 g/mol. The van der Waals surface area contributed by atoms with Gasteiger partial charge in [0, 0.05) is 4.90 Å². The van der Waals surface area contributed by atoms with Crippen molar-refractivity contribution in [1.82, 2.24) is 0 Å². The smallest absolute Gasteiger partial charge is 0.172 e. The van der Waals surface area contributed by atoms with Crippen LogP contribution in [0, 0.1) is 0 Å². The summed E-state index contributed by atoms with van der Waals surface area (Å²) >= 11 is 2.15. The fourth-order valence-corrected chi connectivity index (χ4v) is 3.96. The first kappa shape index (κ1) is 24.3. The summed E-state index contributed by atoms with van der Waals surface area (Å²) in [6.07, 6.45) is -0.0228. The highest BCUT2D eigenvalue weighted by Gasteiger charge is 2.48. The van der Waals surface area contributed by atoms with Gasteiger partial charge in [-0.15, -0.1) is 23.5 Å². The second kappa shape index (κ2) is 10.9. The minimum atomic E-state index is -2.39. The third kappa shape index (κ3) is 5.81. The molecule has 2 rings (SSSR count). The van der Waals surface area contributed by atoms with Crippen molar-refractivity contribution < 1.29 is 30.6 Å². The van der Waals surface area contributed by atoms with Crippen LogP contribution in [0.1, 0.15) is 11.1 Å². The molecule has 0 aliphatic rings. The van der Waals surface area contributed by atoms with Crippen LogP contribution in [-0.4, -0.2) is 66.4 Å². The minimum absolute atomic E-state index is 0.575. The van der Waals surface area contributed by atoms with E-state index in [-0.39, 0.29) is 0 Å². The maximum absolute atomic E-state index is 10.9. The van der Waals surface area contributed by atoms with E-state index in [0.717, 1.165) is 4.90 Å². The standard InChI is InChI=1S/C22H26O6S2/c1-29-16-10-6-9-15(11-16)13-18(24)20(26)22(28,30-2)21(27)19(25)17(23)12-14-7-4-3-5-8-14/h3-13,19-21,23-28H,1-2H3/t19-,20+,21-,22+/m1/s1. The van der Waals surface area contributed by atoms with Crippen molar-refractivity contribution in [2.45, 2.75) is 28.1 Å². The van der Waals surface area contributed by atoms with Gasteiger partial charge < -0.3 is 30.6 Å². The molecule has 6 nitrogen and oxygen atoms in total. The van der Waals surface area contributed by atoms with Crippen molar-refractivity contribution in [2.24, 2.45) is 0 Å². The average Bonchev–Trinajstić information content (AvgIpc) is 2.77. The Balaban J connectivity index is 2.26. The molecule has 0 aromatic heterocycles. The molecule has 6 N–H and O–H groups in total. The molecular formula is C22H26O6S2. The van der Waals surface area contributed by atoms with Crippen LogP contribution < -0.4 is 0 Å². The van der Waals surface area contributed by atoms with Crippen LogP contribution >= 0.6 is 23.5 Å². The fourth-order valence-electron chi connectivity index (χ4n) is 2.78. The van der Waals surface area contributed by atoms with E-state index in [1.54, 1.807) is 48.5 Å². The van der Waals surface area contributed by atoms with Crippen LogP contribution in [0.2, 0.25) is 0 Å². The second-order valence-electron chi connectivity index (χ2n) is 6.57. The van der Waals surface area contributed by atoms with Crippen molar-refractivity contribution in [3.05, 3.63) is 77.2 Å². The van der Waals surface area contributed by atoms with E-state index in [9.17, 15) is 30.6 Å². The van der Waals surface area contributed by atoms with Crippen molar-refractivity contribution in [3.8, 4) is 0 Å². The zero-order valence-corrected chi connectivity index (χ0v) is 18.2. The van der Waals surface area contributed by atoms with E-state index in [0.29, 0.717) is 22.9 Å². The van der Waals surface area contributed by atoms with E-state index < -0.39 is 34.8 Å². The topological polar surface area (TPSA) is 121 Å². The molecule has 8 heteroatoms. The molecule has 0 heterocycles. The highest BCUT2D eigenvalue weighted by Crippen LogP contribution is 2.34. The maximum Gasteiger partial charge on any atom is 0.172 e. The van der Waals surface area contributed by atoms with E-state index in [4.69, 9.17) is 0 Å². The van der Waals surface area contributed by atoms with Crippen LogP contribution in [0.25, 0.3) is 12.2 Å². The van der Waals surface area contributed by atoms with Crippen molar-refractivity contribution in [2.75, 3.05) is 12.5 Å². The molecule has 0 aliphatic carbocycles. The van der Waals surface area contributed by atoms with Gasteiger partial charge in [-0.25, -0.2) is 0 Å². The SMILES string of the molecule is CSc1cccc(C=C(O)[C@H](O)[C@](O)(SC)[C@H](O)[C@H](O)C(O)=Cc2ccccc2)c1. The molecule has 162 valence electrons. The van der Waals surface area contributed by atoms with Crippen LogP contribution in [0.15, 0.2) is 71.0 Å². The third-order valence-corrected chi connectivity index (χ3v) is 6.39. The van der Waals surface area contributed by atoms with E-state index in [1.807, 2.05) is 12.3 Å². The zero-order chi connectivity index (χ0) is 22.3. The lowest BCUT2D eigenvalue weighted by atomic mass is 9.98.